The first-order chi connectivity index (χ1) is 8.84. The van der Waals surface area contributed by atoms with Crippen LogP contribution in [0.2, 0.25) is 0 Å². The van der Waals surface area contributed by atoms with Gasteiger partial charge in [-0.2, -0.15) is 4.31 Å². The van der Waals surface area contributed by atoms with Crippen molar-refractivity contribution in [3.05, 3.63) is 15.8 Å². The lowest BCUT2D eigenvalue weighted by atomic mass is 10.3. The molecule has 0 radical (unpaired) electrons. The van der Waals surface area contributed by atoms with Gasteiger partial charge < -0.3 is 10.4 Å². The molecule has 1 aromatic heterocycles. The van der Waals surface area contributed by atoms with Crippen molar-refractivity contribution in [3.8, 4) is 0 Å². The first-order valence-electron chi connectivity index (χ1n) is 5.42. The Morgan fingerprint density at radius 1 is 1.53 bits per heavy atom. The van der Waals surface area contributed by atoms with Crippen LogP contribution in [0.25, 0.3) is 0 Å². The number of nitrogens with zero attached hydrogens (tertiary/aromatic N) is 1. The monoisotopic (exact) mass is 304 g/mol. The molecule has 2 heterocycles. The number of carboxylic acids is 1. The van der Waals surface area contributed by atoms with Crippen molar-refractivity contribution in [1.82, 2.24) is 9.62 Å². The second-order valence-corrected chi connectivity index (χ2v) is 6.83. The van der Waals surface area contributed by atoms with Crippen LogP contribution in [0.3, 0.4) is 0 Å². The van der Waals surface area contributed by atoms with E-state index >= 15 is 0 Å². The molecule has 0 atom stereocenters. The highest BCUT2D eigenvalue weighted by molar-refractivity contribution is 7.89. The summed E-state index contributed by atoms with van der Waals surface area (Å²) in [6, 6.07) is 0. The average Bonchev–Trinajstić information content (AvgIpc) is 2.72. The predicted octanol–water partition coefficient (Wildman–Crippen LogP) is -0.125. The van der Waals surface area contributed by atoms with Gasteiger partial charge >= 0.3 is 5.97 Å². The number of rotatable bonds is 3. The van der Waals surface area contributed by atoms with E-state index in [1.165, 1.54) is 5.38 Å². The second-order valence-electron chi connectivity index (χ2n) is 4.07. The third-order valence-electron chi connectivity index (χ3n) is 2.71. The summed E-state index contributed by atoms with van der Waals surface area (Å²) in [5.74, 6) is -1.67. The van der Waals surface area contributed by atoms with Gasteiger partial charge in [-0.3, -0.25) is 4.79 Å². The second kappa shape index (κ2) is 4.91. The summed E-state index contributed by atoms with van der Waals surface area (Å²) in [4.78, 5) is 21.9. The van der Waals surface area contributed by atoms with E-state index in [1.807, 2.05) is 0 Å². The number of carbonyl (C=O) groups is 2. The molecule has 19 heavy (non-hydrogen) atoms. The molecule has 0 bridgehead atoms. The fraction of sp³-hybridized carbons (Fsp3) is 0.400. The molecule has 0 spiro atoms. The molecule has 1 aromatic rings. The van der Waals surface area contributed by atoms with Crippen molar-refractivity contribution in [2.45, 2.75) is 11.8 Å². The zero-order valence-corrected chi connectivity index (χ0v) is 11.7. The molecular weight excluding hydrogens is 292 g/mol. The number of thiophene rings is 1. The first-order valence-corrected chi connectivity index (χ1v) is 7.74. The Morgan fingerprint density at radius 2 is 2.21 bits per heavy atom. The van der Waals surface area contributed by atoms with E-state index in [4.69, 9.17) is 5.11 Å². The van der Waals surface area contributed by atoms with Crippen molar-refractivity contribution < 1.29 is 23.1 Å². The molecule has 1 aliphatic heterocycles. The van der Waals surface area contributed by atoms with Crippen molar-refractivity contribution in [3.63, 3.8) is 0 Å². The number of hydrogen-bond acceptors (Lipinski definition) is 5. The number of aromatic carboxylic acids is 1. The lowest BCUT2D eigenvalue weighted by molar-refractivity contribution is -0.122. The summed E-state index contributed by atoms with van der Waals surface area (Å²) in [5.41, 5.74) is 0.383. The maximum absolute atomic E-state index is 12.4. The maximum Gasteiger partial charge on any atom is 0.347 e. The van der Waals surface area contributed by atoms with E-state index in [2.05, 4.69) is 5.32 Å². The molecule has 1 saturated heterocycles. The predicted molar refractivity (Wildman–Crippen MR) is 67.8 cm³/mol. The molecule has 0 unspecified atom stereocenters. The smallest absolute Gasteiger partial charge is 0.347 e. The Morgan fingerprint density at radius 3 is 2.79 bits per heavy atom. The van der Waals surface area contributed by atoms with Gasteiger partial charge in [0, 0.05) is 13.1 Å². The lowest BCUT2D eigenvalue weighted by Crippen LogP contribution is -2.50. The van der Waals surface area contributed by atoms with Crippen LogP contribution in [0.4, 0.5) is 0 Å². The van der Waals surface area contributed by atoms with Gasteiger partial charge in [0.05, 0.1) is 6.54 Å². The number of carboxylic acid groups (broad SMARTS) is 1. The number of piperazine rings is 1. The van der Waals surface area contributed by atoms with Gasteiger partial charge in [0.1, 0.15) is 9.77 Å². The number of amides is 1. The standard InChI is InChI=1S/C10H12N2O5S2/c1-6-5-18-8(10(14)15)9(6)19(16,17)12-3-2-11-7(13)4-12/h5H,2-4H2,1H3,(H,11,13)(H,14,15). The molecule has 0 aromatic carbocycles. The average molecular weight is 304 g/mol. The van der Waals surface area contributed by atoms with Gasteiger partial charge in [-0.1, -0.05) is 0 Å². The number of carbonyl (C=O) groups excluding carboxylic acids is 1. The first kappa shape index (κ1) is 14.0. The SMILES string of the molecule is Cc1csc(C(=O)O)c1S(=O)(=O)N1CCNC(=O)C1. The van der Waals surface area contributed by atoms with Crippen LogP contribution < -0.4 is 5.32 Å². The Labute approximate surface area is 113 Å². The van der Waals surface area contributed by atoms with Crippen LogP contribution in [0.5, 0.6) is 0 Å². The van der Waals surface area contributed by atoms with Crippen molar-refractivity contribution in [2.24, 2.45) is 0 Å². The molecule has 1 aliphatic rings. The van der Waals surface area contributed by atoms with Crippen LogP contribution in [0.15, 0.2) is 10.3 Å². The summed E-state index contributed by atoms with van der Waals surface area (Å²) < 4.78 is 25.9. The van der Waals surface area contributed by atoms with Gasteiger partial charge in [0.15, 0.2) is 0 Å². The molecule has 0 saturated carbocycles. The van der Waals surface area contributed by atoms with E-state index in [0.717, 1.165) is 15.6 Å². The minimum absolute atomic E-state index is 0.141. The van der Waals surface area contributed by atoms with Crippen LogP contribution in [0, 0.1) is 6.92 Å². The minimum Gasteiger partial charge on any atom is -0.477 e. The molecule has 1 fully saturated rings. The zero-order valence-electron chi connectivity index (χ0n) is 10.0. The molecular formula is C10H12N2O5S2. The van der Waals surface area contributed by atoms with Crippen LogP contribution >= 0.6 is 11.3 Å². The summed E-state index contributed by atoms with van der Waals surface area (Å²) in [6.07, 6.45) is 0. The Bertz CT molecular complexity index is 634. The van der Waals surface area contributed by atoms with E-state index in [1.54, 1.807) is 6.92 Å². The third kappa shape index (κ3) is 2.48. The third-order valence-corrected chi connectivity index (χ3v) is 5.96. The Kier molecular flexibility index (Phi) is 3.61. The molecule has 104 valence electrons. The Balaban J connectivity index is 2.47. The van der Waals surface area contributed by atoms with Crippen molar-refractivity contribution in [2.75, 3.05) is 19.6 Å². The van der Waals surface area contributed by atoms with Crippen LogP contribution in [-0.2, 0) is 14.8 Å². The van der Waals surface area contributed by atoms with Crippen LogP contribution in [0.1, 0.15) is 15.2 Å². The lowest BCUT2D eigenvalue weighted by Gasteiger charge is -2.26. The number of sulfonamides is 1. The quantitative estimate of drug-likeness (QED) is 0.810. The normalized spacial score (nSPS) is 17.2. The molecule has 7 nitrogen and oxygen atoms in total. The summed E-state index contributed by atoms with van der Waals surface area (Å²) in [5, 5.41) is 13.0. The van der Waals surface area contributed by atoms with Crippen LogP contribution in [-0.4, -0.2) is 49.3 Å². The van der Waals surface area contributed by atoms with E-state index < -0.39 is 16.0 Å². The maximum atomic E-state index is 12.4. The molecule has 2 rings (SSSR count). The summed E-state index contributed by atoms with van der Waals surface area (Å²) in [7, 11) is -3.96. The van der Waals surface area contributed by atoms with Gasteiger partial charge in [0.25, 0.3) is 0 Å². The highest BCUT2D eigenvalue weighted by atomic mass is 32.2. The summed E-state index contributed by atoms with van der Waals surface area (Å²) in [6.45, 7) is 1.63. The van der Waals surface area contributed by atoms with Gasteiger partial charge in [-0.25, -0.2) is 13.2 Å². The van der Waals surface area contributed by atoms with E-state index in [9.17, 15) is 18.0 Å². The van der Waals surface area contributed by atoms with Gasteiger partial charge in [-0.15, -0.1) is 11.3 Å². The van der Waals surface area contributed by atoms with Gasteiger partial charge in [-0.05, 0) is 17.9 Å². The number of aryl methyl sites for hydroxylation is 1. The van der Waals surface area contributed by atoms with Gasteiger partial charge in [0.2, 0.25) is 15.9 Å². The minimum atomic E-state index is -3.96. The highest BCUT2D eigenvalue weighted by Gasteiger charge is 2.34. The molecule has 2 N–H and O–H groups in total. The largest absolute Gasteiger partial charge is 0.477 e. The van der Waals surface area contributed by atoms with Crippen molar-refractivity contribution >= 4 is 33.2 Å². The molecule has 1 amide bonds. The van der Waals surface area contributed by atoms with Crippen molar-refractivity contribution in [1.29, 1.82) is 0 Å². The molecule has 9 heteroatoms. The zero-order chi connectivity index (χ0) is 14.2. The highest BCUT2D eigenvalue weighted by Crippen LogP contribution is 2.29. The topological polar surface area (TPSA) is 104 Å². The van der Waals surface area contributed by atoms with E-state index in [0.29, 0.717) is 5.56 Å². The Hall–Kier alpha value is -1.45. The molecule has 0 aliphatic carbocycles. The van der Waals surface area contributed by atoms with E-state index in [-0.39, 0.29) is 35.3 Å². The number of nitrogens with one attached hydrogen (secondary N) is 1. The number of hydrogen-bond donors (Lipinski definition) is 2. The fourth-order valence-corrected chi connectivity index (χ4v) is 4.83. The summed E-state index contributed by atoms with van der Waals surface area (Å²) >= 11 is 0.870. The fourth-order valence-electron chi connectivity index (χ4n) is 1.85.